The van der Waals surface area contributed by atoms with E-state index in [0.29, 0.717) is 0 Å². The van der Waals surface area contributed by atoms with Gasteiger partial charge in [-0.2, -0.15) is 24.6 Å². The van der Waals surface area contributed by atoms with Gasteiger partial charge in [0, 0.05) is 20.4 Å². The standard InChI is InChI=1S/H4N2O3S.Pd/c1-4-6(3)5-2;/h1-2H2;. The third-order valence-corrected chi connectivity index (χ3v) is 0.471. The van der Waals surface area contributed by atoms with Gasteiger partial charge in [0.15, 0.2) is 0 Å². The first-order chi connectivity index (χ1) is 2.81. The fraction of sp³-hybridized carbons (Fsp3) is 0. The summed E-state index contributed by atoms with van der Waals surface area (Å²) in [4.78, 5) is 0. The van der Waals surface area contributed by atoms with Crippen LogP contribution in [0.5, 0.6) is 0 Å². The second kappa shape index (κ2) is 6.65. The summed E-state index contributed by atoms with van der Waals surface area (Å²) in [5.41, 5.74) is 0. The predicted molar refractivity (Wildman–Crippen MR) is 18.7 cm³/mol. The Balaban J connectivity index is 0. The molecule has 0 aliphatic rings. The minimum absolute atomic E-state index is 0. The Kier molecular flexibility index (Phi) is 10.1. The molecule has 7 heavy (non-hydrogen) atoms. The molecule has 0 heterocycles. The van der Waals surface area contributed by atoms with E-state index in [1.54, 1.807) is 0 Å². The van der Waals surface area contributed by atoms with Gasteiger partial charge in [-0.3, -0.25) is 0 Å². The average molecular weight is 219 g/mol. The van der Waals surface area contributed by atoms with Crippen LogP contribution in [0.4, 0.5) is 0 Å². The Bertz CT molecular complexity index is 50.9. The van der Waals surface area contributed by atoms with Crippen molar-refractivity contribution in [2.45, 2.75) is 0 Å². The molecular weight excluding hydrogens is 214 g/mol. The van der Waals surface area contributed by atoms with Gasteiger partial charge in [-0.1, -0.05) is 0 Å². The minimum atomic E-state index is -1.98. The number of hydrogen-bond acceptors (Lipinski definition) is 5. The molecule has 0 saturated heterocycles. The number of hydrogen-bond donors (Lipinski definition) is 2. The van der Waals surface area contributed by atoms with Gasteiger partial charge in [-0.25, -0.2) is 0 Å². The number of nitrogens with two attached hydrogens (primary N) is 2. The van der Waals surface area contributed by atoms with Crippen LogP contribution in [0, 0.1) is 0 Å². The number of rotatable bonds is 2. The molecule has 0 rings (SSSR count). The first-order valence-corrected chi connectivity index (χ1v) is 1.97. The van der Waals surface area contributed by atoms with Crippen molar-refractivity contribution in [1.29, 1.82) is 0 Å². The molecular formula is H4N2O3PdS. The molecule has 0 aromatic rings. The van der Waals surface area contributed by atoms with Crippen LogP contribution in [-0.2, 0) is 40.4 Å². The molecule has 4 N–H and O–H groups in total. The summed E-state index contributed by atoms with van der Waals surface area (Å²) in [6.07, 6.45) is 0. The Morgan fingerprint density at radius 1 is 1.29 bits per heavy atom. The van der Waals surface area contributed by atoms with Crippen molar-refractivity contribution < 1.29 is 33.2 Å². The van der Waals surface area contributed by atoms with E-state index in [-0.39, 0.29) is 20.4 Å². The van der Waals surface area contributed by atoms with E-state index in [0.717, 1.165) is 0 Å². The maximum Gasteiger partial charge on any atom is 0.339 e. The topological polar surface area (TPSA) is 87.6 Å². The van der Waals surface area contributed by atoms with E-state index in [2.05, 4.69) is 20.4 Å². The molecule has 0 aromatic carbocycles. The molecule has 0 bridgehead atoms. The quantitative estimate of drug-likeness (QED) is 0.428. The molecule has 0 fully saturated rings. The normalized spacial score (nSPS) is 8.43. The molecule has 5 nitrogen and oxygen atoms in total. The first kappa shape index (κ1) is 10.6. The van der Waals surface area contributed by atoms with Crippen molar-refractivity contribution in [3.8, 4) is 0 Å². The second-order valence-electron chi connectivity index (χ2n) is 0.397. The molecule has 0 radical (unpaired) electrons. The van der Waals surface area contributed by atoms with Crippen LogP contribution in [0.25, 0.3) is 0 Å². The van der Waals surface area contributed by atoms with Crippen LogP contribution in [-0.4, -0.2) is 4.21 Å². The molecule has 48 valence electrons. The van der Waals surface area contributed by atoms with E-state index >= 15 is 0 Å². The molecule has 0 aromatic heterocycles. The molecule has 0 aliphatic heterocycles. The van der Waals surface area contributed by atoms with Crippen molar-refractivity contribution in [3.05, 3.63) is 0 Å². The summed E-state index contributed by atoms with van der Waals surface area (Å²) in [7, 11) is 0. The van der Waals surface area contributed by atoms with Gasteiger partial charge < -0.3 is 0 Å². The Hall–Kier alpha value is 0.652. The van der Waals surface area contributed by atoms with E-state index in [1.807, 2.05) is 0 Å². The van der Waals surface area contributed by atoms with E-state index < -0.39 is 11.4 Å². The zero-order valence-corrected chi connectivity index (χ0v) is 5.48. The molecule has 0 amide bonds. The van der Waals surface area contributed by atoms with E-state index in [1.165, 1.54) is 0 Å². The van der Waals surface area contributed by atoms with Crippen molar-refractivity contribution in [2.24, 2.45) is 11.8 Å². The van der Waals surface area contributed by atoms with Gasteiger partial charge in [0.05, 0.1) is 0 Å². The van der Waals surface area contributed by atoms with E-state index in [9.17, 15) is 4.21 Å². The van der Waals surface area contributed by atoms with Gasteiger partial charge in [0.1, 0.15) is 0 Å². The zero-order chi connectivity index (χ0) is 4.99. The van der Waals surface area contributed by atoms with Crippen LogP contribution in [0.1, 0.15) is 0 Å². The zero-order valence-electron chi connectivity index (χ0n) is 3.10. The van der Waals surface area contributed by atoms with Crippen molar-refractivity contribution in [2.75, 3.05) is 0 Å². The SMILES string of the molecule is NOS(=O)ON.[Pd]. The summed E-state index contributed by atoms with van der Waals surface area (Å²) in [5.74, 6) is 8.55. The molecule has 0 saturated carbocycles. The van der Waals surface area contributed by atoms with E-state index in [4.69, 9.17) is 0 Å². The van der Waals surface area contributed by atoms with Crippen molar-refractivity contribution in [3.63, 3.8) is 0 Å². The van der Waals surface area contributed by atoms with Gasteiger partial charge in [-0.05, 0) is 0 Å². The fourth-order valence-electron chi connectivity index (χ4n) is 0.0227. The Morgan fingerprint density at radius 3 is 1.57 bits per heavy atom. The van der Waals surface area contributed by atoms with Gasteiger partial charge in [0.25, 0.3) is 0 Å². The third kappa shape index (κ3) is 6.65. The molecule has 0 atom stereocenters. The summed E-state index contributed by atoms with van der Waals surface area (Å²) in [6, 6.07) is 0. The minimum Gasteiger partial charge on any atom is -0.198 e. The average Bonchev–Trinajstić information content (AvgIpc) is 1.65. The van der Waals surface area contributed by atoms with Crippen LogP contribution >= 0.6 is 0 Å². The van der Waals surface area contributed by atoms with Crippen molar-refractivity contribution >= 4 is 11.4 Å². The van der Waals surface area contributed by atoms with Gasteiger partial charge in [-0.15, -0.1) is 0 Å². The Morgan fingerprint density at radius 2 is 1.57 bits per heavy atom. The second-order valence-corrected chi connectivity index (χ2v) is 1.19. The maximum absolute atomic E-state index is 9.60. The third-order valence-electron chi connectivity index (χ3n) is 0.157. The van der Waals surface area contributed by atoms with Crippen molar-refractivity contribution in [1.82, 2.24) is 0 Å². The van der Waals surface area contributed by atoms with Gasteiger partial charge in [0.2, 0.25) is 0 Å². The summed E-state index contributed by atoms with van der Waals surface area (Å²) in [6.45, 7) is 0. The summed E-state index contributed by atoms with van der Waals surface area (Å²) in [5, 5.41) is 0. The monoisotopic (exact) mass is 218 g/mol. The smallest absolute Gasteiger partial charge is 0.198 e. The maximum atomic E-state index is 9.60. The molecule has 7 heteroatoms. The molecule has 0 aliphatic carbocycles. The summed E-state index contributed by atoms with van der Waals surface area (Å²) < 4.78 is 16.6. The first-order valence-electron chi connectivity index (χ1n) is 0.971. The van der Waals surface area contributed by atoms with Crippen LogP contribution in [0.2, 0.25) is 0 Å². The van der Waals surface area contributed by atoms with Crippen LogP contribution < -0.4 is 11.8 Å². The predicted octanol–water partition coefficient (Wildman–Crippen LogP) is -1.66. The Labute approximate surface area is 56.8 Å². The molecule has 0 spiro atoms. The van der Waals surface area contributed by atoms with Crippen LogP contribution in [0.15, 0.2) is 0 Å². The fourth-order valence-corrected chi connectivity index (χ4v) is 0.0680. The summed E-state index contributed by atoms with van der Waals surface area (Å²) >= 11 is -1.98. The van der Waals surface area contributed by atoms with Gasteiger partial charge >= 0.3 is 11.4 Å². The largest absolute Gasteiger partial charge is 0.339 e. The van der Waals surface area contributed by atoms with Crippen LogP contribution in [0.3, 0.4) is 0 Å². The molecule has 0 unspecified atom stereocenters.